The Morgan fingerprint density at radius 2 is 2.00 bits per heavy atom. The van der Waals surface area contributed by atoms with Crippen LogP contribution < -0.4 is 5.32 Å². The fourth-order valence-corrected chi connectivity index (χ4v) is 3.74. The summed E-state index contributed by atoms with van der Waals surface area (Å²) in [6.45, 7) is 0. The molecule has 2 aromatic rings. The highest BCUT2D eigenvalue weighted by Crippen LogP contribution is 2.31. The molecule has 1 atom stereocenters. The Hall–Kier alpha value is -2.12. The number of hydrogen-bond donors (Lipinski definition) is 1. The van der Waals surface area contributed by atoms with Crippen molar-refractivity contribution in [1.29, 1.82) is 0 Å². The molecule has 1 unspecified atom stereocenters. The third-order valence-corrected chi connectivity index (χ3v) is 5.35. The lowest BCUT2D eigenvalue weighted by Gasteiger charge is -2.13. The molecule has 1 aromatic heterocycles. The van der Waals surface area contributed by atoms with Gasteiger partial charge in [0.1, 0.15) is 17.2 Å². The first-order chi connectivity index (χ1) is 11.1. The lowest BCUT2D eigenvalue weighted by Crippen LogP contribution is -2.29. The number of thiophene rings is 1. The van der Waals surface area contributed by atoms with Crippen LogP contribution in [-0.2, 0) is 9.53 Å². The molecule has 23 heavy (non-hydrogen) atoms. The third-order valence-electron chi connectivity index (χ3n) is 3.10. The maximum absolute atomic E-state index is 12.5. The number of aldehydes is 1. The second kappa shape index (κ2) is 7.94. The number of carbonyl (C=O) groups is 3. The van der Waals surface area contributed by atoms with Gasteiger partial charge in [-0.05, 0) is 17.9 Å². The fraction of sp³-hybridized carbons (Fsp3) is 0.188. The van der Waals surface area contributed by atoms with Crippen LogP contribution >= 0.6 is 23.1 Å². The van der Waals surface area contributed by atoms with E-state index in [2.05, 4.69) is 10.1 Å². The number of thioether (sulfide) groups is 1. The Kier molecular flexibility index (Phi) is 5.95. The van der Waals surface area contributed by atoms with Gasteiger partial charge in [-0.15, -0.1) is 23.1 Å². The number of ether oxygens (including phenoxy) is 1. The van der Waals surface area contributed by atoms with Gasteiger partial charge in [-0.3, -0.25) is 4.79 Å². The minimum atomic E-state index is -0.736. The molecular weight excluding hydrogens is 334 g/mol. The van der Waals surface area contributed by atoms with Gasteiger partial charge in [0.2, 0.25) is 0 Å². The van der Waals surface area contributed by atoms with Crippen molar-refractivity contribution in [2.24, 2.45) is 0 Å². The minimum Gasteiger partial charge on any atom is -0.465 e. The van der Waals surface area contributed by atoms with E-state index in [0.29, 0.717) is 26.5 Å². The molecule has 1 aromatic carbocycles. The molecule has 0 fully saturated rings. The third kappa shape index (κ3) is 4.00. The molecular formula is C16H15NO4S2. The number of rotatable bonds is 6. The number of benzene rings is 1. The lowest BCUT2D eigenvalue weighted by atomic mass is 10.1. The van der Waals surface area contributed by atoms with Gasteiger partial charge in [-0.2, -0.15) is 0 Å². The van der Waals surface area contributed by atoms with Crippen LogP contribution in [0.2, 0.25) is 0 Å². The van der Waals surface area contributed by atoms with Crippen LogP contribution in [0, 0.1) is 0 Å². The predicted octanol–water partition coefficient (Wildman–Crippen LogP) is 2.93. The Labute approximate surface area is 142 Å². The normalized spacial score (nSPS) is 11.6. The molecule has 2 rings (SSSR count). The monoisotopic (exact) mass is 349 g/mol. The average Bonchev–Trinajstić information content (AvgIpc) is 3.04. The first-order valence-corrected chi connectivity index (χ1v) is 8.72. The zero-order valence-electron chi connectivity index (χ0n) is 12.6. The van der Waals surface area contributed by atoms with Gasteiger partial charge in [0.25, 0.3) is 5.91 Å². The van der Waals surface area contributed by atoms with Crippen LogP contribution in [-0.4, -0.2) is 31.5 Å². The maximum atomic E-state index is 12.5. The first-order valence-electron chi connectivity index (χ1n) is 6.68. The zero-order valence-corrected chi connectivity index (χ0v) is 14.2. The molecule has 0 aliphatic heterocycles. The van der Waals surface area contributed by atoms with Gasteiger partial charge in [0.15, 0.2) is 0 Å². The number of amides is 1. The molecule has 5 nitrogen and oxygen atoms in total. The molecule has 1 amide bonds. The average molecular weight is 349 g/mol. The van der Waals surface area contributed by atoms with Crippen LogP contribution in [0.25, 0.3) is 0 Å². The Morgan fingerprint density at radius 1 is 1.30 bits per heavy atom. The van der Waals surface area contributed by atoms with Crippen molar-refractivity contribution in [2.45, 2.75) is 10.3 Å². The van der Waals surface area contributed by atoms with Crippen molar-refractivity contribution < 1.29 is 19.1 Å². The summed E-state index contributed by atoms with van der Waals surface area (Å²) >= 11 is 2.55. The molecule has 0 spiro atoms. The molecule has 0 aliphatic rings. The predicted molar refractivity (Wildman–Crippen MR) is 90.2 cm³/mol. The van der Waals surface area contributed by atoms with E-state index < -0.39 is 17.9 Å². The molecule has 120 valence electrons. The van der Waals surface area contributed by atoms with E-state index in [0.717, 1.165) is 0 Å². The Bertz CT molecular complexity index is 712. The van der Waals surface area contributed by atoms with Crippen molar-refractivity contribution in [2.75, 3.05) is 13.4 Å². The number of methoxy groups -OCH3 is 1. The van der Waals surface area contributed by atoms with Crippen LogP contribution in [0.4, 0.5) is 0 Å². The van der Waals surface area contributed by atoms with E-state index in [9.17, 15) is 14.4 Å². The van der Waals surface area contributed by atoms with E-state index in [4.69, 9.17) is 0 Å². The van der Waals surface area contributed by atoms with E-state index >= 15 is 0 Å². The van der Waals surface area contributed by atoms with Crippen molar-refractivity contribution >= 4 is 41.3 Å². The van der Waals surface area contributed by atoms with Crippen molar-refractivity contribution in [3.63, 3.8) is 0 Å². The summed E-state index contributed by atoms with van der Waals surface area (Å²) in [6.07, 6.45) is 2.50. The molecule has 0 saturated carbocycles. The largest absolute Gasteiger partial charge is 0.465 e. The van der Waals surface area contributed by atoms with Crippen LogP contribution in [0.3, 0.4) is 0 Å². The number of hydrogen-bond acceptors (Lipinski definition) is 6. The maximum Gasteiger partial charge on any atom is 0.348 e. The zero-order chi connectivity index (χ0) is 16.8. The van der Waals surface area contributed by atoms with Crippen LogP contribution in [0.1, 0.15) is 31.6 Å². The van der Waals surface area contributed by atoms with Gasteiger partial charge in [-0.1, -0.05) is 30.3 Å². The molecule has 0 bridgehead atoms. The fourth-order valence-electron chi connectivity index (χ4n) is 1.96. The summed E-state index contributed by atoms with van der Waals surface area (Å²) in [7, 11) is 1.29. The highest BCUT2D eigenvalue weighted by atomic mass is 32.2. The second-order valence-electron chi connectivity index (χ2n) is 4.51. The molecule has 0 radical (unpaired) electrons. The van der Waals surface area contributed by atoms with Gasteiger partial charge < -0.3 is 14.8 Å². The molecule has 7 heteroatoms. The summed E-state index contributed by atoms with van der Waals surface area (Å²) < 4.78 is 5.37. The quantitative estimate of drug-likeness (QED) is 0.493. The molecule has 0 aliphatic carbocycles. The van der Waals surface area contributed by atoms with Crippen LogP contribution in [0.5, 0.6) is 0 Å². The van der Waals surface area contributed by atoms with Crippen molar-refractivity contribution in [1.82, 2.24) is 5.32 Å². The summed E-state index contributed by atoms with van der Waals surface area (Å²) in [6, 6.07) is 9.71. The number of carbonyl (C=O) groups excluding carboxylic acids is 3. The Balaban J connectivity index is 2.24. The van der Waals surface area contributed by atoms with Gasteiger partial charge >= 0.3 is 5.97 Å². The SMILES string of the molecule is COC(=O)c1cc(C(=O)NC(C=O)c2ccccc2)c(SC)s1. The highest BCUT2D eigenvalue weighted by Gasteiger charge is 2.22. The Morgan fingerprint density at radius 3 is 2.57 bits per heavy atom. The van der Waals surface area contributed by atoms with E-state index in [-0.39, 0.29) is 0 Å². The lowest BCUT2D eigenvalue weighted by molar-refractivity contribution is -0.109. The van der Waals surface area contributed by atoms with Crippen LogP contribution in [0.15, 0.2) is 40.6 Å². The number of esters is 1. The summed E-state index contributed by atoms with van der Waals surface area (Å²) in [5.41, 5.74) is 1.07. The van der Waals surface area contributed by atoms with Gasteiger partial charge in [0.05, 0.1) is 16.9 Å². The second-order valence-corrected chi connectivity index (χ2v) is 6.63. The van der Waals surface area contributed by atoms with Crippen molar-refractivity contribution in [3.8, 4) is 0 Å². The smallest absolute Gasteiger partial charge is 0.348 e. The standard InChI is InChI=1S/C16H15NO4S2/c1-21-15(20)13-8-11(16(22-2)23-13)14(19)17-12(9-18)10-6-4-3-5-7-10/h3-9,12H,1-2H3,(H,17,19). The molecule has 1 N–H and O–H groups in total. The number of nitrogens with one attached hydrogen (secondary N) is 1. The summed E-state index contributed by atoms with van der Waals surface area (Å²) in [4.78, 5) is 35.7. The van der Waals surface area contributed by atoms with E-state index in [1.54, 1.807) is 24.3 Å². The minimum absolute atomic E-state index is 0.351. The summed E-state index contributed by atoms with van der Waals surface area (Å²) in [5, 5.41) is 2.68. The van der Waals surface area contributed by atoms with Crippen molar-refractivity contribution in [3.05, 3.63) is 52.4 Å². The topological polar surface area (TPSA) is 72.5 Å². The first kappa shape index (κ1) is 17.2. The molecule has 0 saturated heterocycles. The van der Waals surface area contributed by atoms with E-state index in [1.807, 2.05) is 12.3 Å². The van der Waals surface area contributed by atoms with Gasteiger partial charge in [-0.25, -0.2) is 4.79 Å². The molecule has 1 heterocycles. The van der Waals surface area contributed by atoms with Gasteiger partial charge in [0, 0.05) is 0 Å². The van der Waals surface area contributed by atoms with E-state index in [1.165, 1.54) is 36.3 Å². The summed E-state index contributed by atoms with van der Waals surface area (Å²) in [5.74, 6) is -0.888. The highest BCUT2D eigenvalue weighted by molar-refractivity contribution is 8.00.